The molecule has 1 saturated carbocycles. The fourth-order valence-corrected chi connectivity index (χ4v) is 7.21. The van der Waals surface area contributed by atoms with Gasteiger partial charge in [-0.25, -0.2) is 12.4 Å². The lowest BCUT2D eigenvalue weighted by atomic mass is 9.97. The third-order valence-corrected chi connectivity index (χ3v) is 9.37. The molecular weight excluding hydrogens is 468 g/mol. The summed E-state index contributed by atoms with van der Waals surface area (Å²) in [7, 11) is -1.71. The van der Waals surface area contributed by atoms with Crippen molar-refractivity contribution >= 4 is 37.3 Å². The van der Waals surface area contributed by atoms with Crippen LogP contribution in [0.3, 0.4) is 0 Å². The number of aromatic nitrogens is 1. The lowest BCUT2D eigenvalue weighted by Crippen LogP contribution is -2.23. The van der Waals surface area contributed by atoms with Crippen LogP contribution in [-0.2, 0) is 10.0 Å². The van der Waals surface area contributed by atoms with Gasteiger partial charge < -0.3 is 9.64 Å². The normalized spacial score (nSPS) is 18.0. The zero-order chi connectivity index (χ0) is 24.7. The van der Waals surface area contributed by atoms with Gasteiger partial charge in [-0.3, -0.25) is 0 Å². The molecule has 36 heavy (non-hydrogen) atoms. The Morgan fingerprint density at radius 2 is 1.72 bits per heavy atom. The Hall–Kier alpha value is -3.09. The van der Waals surface area contributed by atoms with Crippen molar-refractivity contribution in [2.75, 3.05) is 20.1 Å². The molecule has 0 saturated heterocycles. The van der Waals surface area contributed by atoms with Crippen molar-refractivity contribution < 1.29 is 13.2 Å². The zero-order valence-corrected chi connectivity index (χ0v) is 21.5. The maximum absolute atomic E-state index is 14.1. The molecule has 0 spiro atoms. The second-order valence-corrected chi connectivity index (χ2v) is 11.9. The predicted molar refractivity (Wildman–Crippen MR) is 146 cm³/mol. The summed E-state index contributed by atoms with van der Waals surface area (Å²) in [5.41, 5.74) is 2.87. The molecule has 0 unspecified atom stereocenters. The summed E-state index contributed by atoms with van der Waals surface area (Å²) in [6, 6.07) is 19.0. The van der Waals surface area contributed by atoms with Gasteiger partial charge in [0, 0.05) is 35.6 Å². The van der Waals surface area contributed by atoms with E-state index in [0.29, 0.717) is 10.4 Å². The van der Waals surface area contributed by atoms with E-state index in [2.05, 4.69) is 18.0 Å². The molecule has 5 nitrogen and oxygen atoms in total. The maximum atomic E-state index is 14.1. The standard InChI is InChI=1S/C30H32N2O3S/c1-31-18-16-23(17-19-31)28-21-32(36(33,34)30-13-7-9-22-8-5-6-12-26(22)30)29-15-14-25(20-27(28)29)35-24-10-3-2-4-11-24/h5-9,12-16,20-21,24H,2-4,10-11,17-19H2,1H3. The van der Waals surface area contributed by atoms with Crippen LogP contribution in [0.5, 0.6) is 5.75 Å². The lowest BCUT2D eigenvalue weighted by Gasteiger charge is -2.23. The molecule has 186 valence electrons. The molecule has 0 bridgehead atoms. The van der Waals surface area contributed by atoms with E-state index in [9.17, 15) is 8.42 Å². The van der Waals surface area contributed by atoms with Gasteiger partial charge in [0.25, 0.3) is 10.0 Å². The minimum atomic E-state index is -3.82. The molecular formula is C30H32N2O3S. The van der Waals surface area contributed by atoms with Crippen molar-refractivity contribution in [1.29, 1.82) is 0 Å². The second kappa shape index (κ2) is 9.41. The number of fused-ring (bicyclic) bond motifs is 2. The van der Waals surface area contributed by atoms with E-state index in [0.717, 1.165) is 59.8 Å². The van der Waals surface area contributed by atoms with Crippen molar-refractivity contribution in [1.82, 2.24) is 8.87 Å². The molecule has 1 fully saturated rings. The van der Waals surface area contributed by atoms with E-state index in [1.165, 1.54) is 28.8 Å². The summed E-state index contributed by atoms with van der Waals surface area (Å²) in [4.78, 5) is 2.59. The molecule has 0 radical (unpaired) electrons. The second-order valence-electron chi connectivity index (χ2n) is 10.1. The number of rotatable bonds is 5. The lowest BCUT2D eigenvalue weighted by molar-refractivity contribution is 0.155. The van der Waals surface area contributed by atoms with Crippen LogP contribution in [0.1, 0.15) is 44.1 Å². The van der Waals surface area contributed by atoms with Crippen LogP contribution in [0.2, 0.25) is 0 Å². The molecule has 0 N–H and O–H groups in total. The van der Waals surface area contributed by atoms with E-state index in [-0.39, 0.29) is 6.10 Å². The summed E-state index contributed by atoms with van der Waals surface area (Å²) in [5, 5.41) is 2.58. The first-order chi connectivity index (χ1) is 17.5. The molecule has 0 amide bonds. The number of likely N-dealkylation sites (N-methyl/N-ethyl adjacent to an activating group) is 1. The highest BCUT2D eigenvalue weighted by Crippen LogP contribution is 2.37. The number of hydrogen-bond acceptors (Lipinski definition) is 4. The Kier molecular flexibility index (Phi) is 6.10. The Morgan fingerprint density at radius 1 is 0.917 bits per heavy atom. The largest absolute Gasteiger partial charge is 0.490 e. The molecule has 1 aliphatic carbocycles. The molecule has 6 heteroatoms. The highest BCUT2D eigenvalue weighted by molar-refractivity contribution is 7.90. The van der Waals surface area contributed by atoms with Gasteiger partial charge in [-0.1, -0.05) is 48.9 Å². The van der Waals surface area contributed by atoms with Gasteiger partial charge >= 0.3 is 0 Å². The van der Waals surface area contributed by atoms with Crippen molar-refractivity contribution in [3.63, 3.8) is 0 Å². The number of ether oxygens (including phenoxy) is 1. The van der Waals surface area contributed by atoms with Crippen molar-refractivity contribution in [3.8, 4) is 5.75 Å². The van der Waals surface area contributed by atoms with Gasteiger partial charge in [0.2, 0.25) is 0 Å². The van der Waals surface area contributed by atoms with Crippen LogP contribution in [0, 0.1) is 0 Å². The fourth-order valence-electron chi connectivity index (χ4n) is 5.62. The number of nitrogens with zero attached hydrogens (tertiary/aromatic N) is 2. The Morgan fingerprint density at radius 3 is 2.53 bits per heavy atom. The van der Waals surface area contributed by atoms with Gasteiger partial charge in [-0.2, -0.15) is 0 Å². The Balaban J connectivity index is 1.50. The van der Waals surface area contributed by atoms with Crippen molar-refractivity contribution in [2.45, 2.75) is 49.5 Å². The van der Waals surface area contributed by atoms with Gasteiger partial charge in [-0.15, -0.1) is 0 Å². The third-order valence-electron chi connectivity index (χ3n) is 7.64. The third kappa shape index (κ3) is 4.22. The zero-order valence-electron chi connectivity index (χ0n) is 20.7. The summed E-state index contributed by atoms with van der Waals surface area (Å²) >= 11 is 0. The quantitative estimate of drug-likeness (QED) is 0.315. The predicted octanol–water partition coefficient (Wildman–Crippen LogP) is 6.46. The summed E-state index contributed by atoms with van der Waals surface area (Å²) in [6.07, 6.45) is 11.0. The molecule has 1 aliphatic heterocycles. The van der Waals surface area contributed by atoms with Crippen molar-refractivity contribution in [2.24, 2.45) is 0 Å². The van der Waals surface area contributed by atoms with Gasteiger partial charge in [-0.05, 0) is 74.4 Å². The van der Waals surface area contributed by atoms with Crippen LogP contribution >= 0.6 is 0 Å². The van der Waals surface area contributed by atoms with E-state index in [1.807, 2.05) is 60.8 Å². The van der Waals surface area contributed by atoms with E-state index in [1.54, 1.807) is 6.07 Å². The SMILES string of the molecule is CN1CC=C(c2cn(S(=O)(=O)c3cccc4ccccc34)c3ccc(OC4CCCCC4)cc23)CC1. The molecule has 0 atom stereocenters. The molecule has 2 heterocycles. The van der Waals surface area contributed by atoms with E-state index < -0.39 is 10.0 Å². The molecule has 6 rings (SSSR count). The first-order valence-corrected chi connectivity index (χ1v) is 14.4. The molecule has 3 aromatic carbocycles. The fraction of sp³-hybridized carbons (Fsp3) is 0.333. The average molecular weight is 501 g/mol. The van der Waals surface area contributed by atoms with E-state index in [4.69, 9.17) is 4.74 Å². The topological polar surface area (TPSA) is 51.5 Å². The summed E-state index contributed by atoms with van der Waals surface area (Å²) in [5.74, 6) is 0.824. The van der Waals surface area contributed by atoms with Crippen LogP contribution < -0.4 is 4.74 Å². The van der Waals surface area contributed by atoms with E-state index >= 15 is 0 Å². The van der Waals surface area contributed by atoms with Crippen LogP contribution in [0.25, 0.3) is 27.2 Å². The Bertz CT molecular complexity index is 1560. The van der Waals surface area contributed by atoms with Crippen LogP contribution in [0.4, 0.5) is 0 Å². The average Bonchev–Trinajstić information content (AvgIpc) is 3.29. The molecule has 1 aromatic heterocycles. The summed E-state index contributed by atoms with van der Waals surface area (Å²) < 4.78 is 36.1. The van der Waals surface area contributed by atoms with Gasteiger partial charge in [0.05, 0.1) is 16.5 Å². The smallest absolute Gasteiger partial charge is 0.268 e. The monoisotopic (exact) mass is 500 g/mol. The Labute approximate surface area is 213 Å². The number of benzene rings is 3. The first kappa shape index (κ1) is 23.3. The van der Waals surface area contributed by atoms with Crippen LogP contribution in [-0.4, -0.2) is 43.5 Å². The highest BCUT2D eigenvalue weighted by Gasteiger charge is 2.25. The minimum Gasteiger partial charge on any atom is -0.490 e. The van der Waals surface area contributed by atoms with Crippen molar-refractivity contribution in [3.05, 3.63) is 78.5 Å². The van der Waals surface area contributed by atoms with Gasteiger partial charge in [0.1, 0.15) is 5.75 Å². The number of hydrogen-bond donors (Lipinski definition) is 0. The highest BCUT2D eigenvalue weighted by atomic mass is 32.2. The summed E-state index contributed by atoms with van der Waals surface area (Å²) in [6.45, 7) is 1.81. The first-order valence-electron chi connectivity index (χ1n) is 12.9. The maximum Gasteiger partial charge on any atom is 0.268 e. The molecule has 4 aromatic rings. The van der Waals surface area contributed by atoms with Gasteiger partial charge in [0.15, 0.2) is 0 Å². The molecule has 2 aliphatic rings. The van der Waals surface area contributed by atoms with Crippen LogP contribution in [0.15, 0.2) is 77.8 Å². The minimum absolute atomic E-state index is 0.240.